The van der Waals surface area contributed by atoms with E-state index in [1.807, 2.05) is 36.4 Å². The Hall–Kier alpha value is -2.76. The Morgan fingerprint density at radius 2 is 1.81 bits per heavy atom. The number of hydrogen-bond donors (Lipinski definition) is 4. The number of carbonyl (C=O) groups excluding carboxylic acids is 2. The lowest BCUT2D eigenvalue weighted by atomic mass is 10.0. The maximum atomic E-state index is 12.9. The molecule has 3 rings (SSSR count). The summed E-state index contributed by atoms with van der Waals surface area (Å²) in [6, 6.07) is 11.4. The van der Waals surface area contributed by atoms with E-state index in [1.54, 1.807) is 7.11 Å². The highest BCUT2D eigenvalue weighted by atomic mass is 28.3. The van der Waals surface area contributed by atoms with Gasteiger partial charge in [0, 0.05) is 18.2 Å². The Balaban J connectivity index is 2.12. The normalized spacial score (nSPS) is 16.1. The molecule has 2 aromatic rings. The predicted octanol–water partition coefficient (Wildman–Crippen LogP) is 2.49. The van der Waals surface area contributed by atoms with Gasteiger partial charge in [-0.1, -0.05) is 43.5 Å². The van der Waals surface area contributed by atoms with Gasteiger partial charge in [0.1, 0.15) is 5.75 Å². The van der Waals surface area contributed by atoms with Crippen molar-refractivity contribution >= 4 is 36.4 Å². The Morgan fingerprint density at radius 3 is 2.35 bits per heavy atom. The molecule has 1 heterocycles. The quantitative estimate of drug-likeness (QED) is 0.486. The zero-order valence-corrected chi connectivity index (χ0v) is 19.3. The summed E-state index contributed by atoms with van der Waals surface area (Å²) in [5, 5.41) is 7.02. The van der Waals surface area contributed by atoms with Gasteiger partial charge in [-0.05, 0) is 28.9 Å². The van der Waals surface area contributed by atoms with E-state index >= 15 is 0 Å². The first-order valence-corrected chi connectivity index (χ1v) is 13.4. The average molecular weight is 445 g/mol. The summed E-state index contributed by atoms with van der Waals surface area (Å²) in [4.78, 5) is 34.5. The third-order valence-corrected chi connectivity index (χ3v) is 6.79. The summed E-state index contributed by atoms with van der Waals surface area (Å²) < 4.78 is 5.28. The van der Waals surface area contributed by atoms with Crippen LogP contribution in [-0.2, 0) is 19.4 Å². The van der Waals surface area contributed by atoms with Crippen LogP contribution >= 0.6 is 0 Å². The van der Waals surface area contributed by atoms with Gasteiger partial charge in [0.25, 0.3) is 0 Å². The molecule has 2 amide bonds. The maximum Gasteiger partial charge on any atom is 0.228 e. The van der Waals surface area contributed by atoms with Crippen molar-refractivity contribution in [3.63, 3.8) is 0 Å². The van der Waals surface area contributed by atoms with Crippen LogP contribution in [0.1, 0.15) is 13.3 Å². The summed E-state index contributed by atoms with van der Waals surface area (Å²) in [6.07, 6.45) is -0.580. The van der Waals surface area contributed by atoms with Crippen molar-refractivity contribution in [2.75, 3.05) is 17.7 Å². The predicted molar refractivity (Wildman–Crippen MR) is 121 cm³/mol. The number of hydrogen-bond acceptors (Lipinski definition) is 7. The molecule has 0 bridgehead atoms. The monoisotopic (exact) mass is 444 g/mol. The van der Waals surface area contributed by atoms with E-state index in [4.69, 9.17) is 14.5 Å². The second kappa shape index (κ2) is 9.58. The first-order valence-electron chi connectivity index (χ1n) is 9.90. The largest absolute Gasteiger partial charge is 0.497 e. The summed E-state index contributed by atoms with van der Waals surface area (Å²) >= 11 is 0. The van der Waals surface area contributed by atoms with Crippen molar-refractivity contribution in [1.82, 2.24) is 11.1 Å². The van der Waals surface area contributed by atoms with Crippen molar-refractivity contribution in [3.05, 3.63) is 36.4 Å². The van der Waals surface area contributed by atoms with Crippen LogP contribution in [0.15, 0.2) is 36.4 Å². The minimum atomic E-state index is -1.87. The molecule has 1 atom stereocenters. The number of methoxy groups -OCH3 is 1. The molecule has 4 N–H and O–H groups in total. The van der Waals surface area contributed by atoms with Crippen LogP contribution in [0.2, 0.25) is 19.6 Å². The fourth-order valence-electron chi connectivity index (χ4n) is 3.35. The summed E-state index contributed by atoms with van der Waals surface area (Å²) in [6.45, 7) is 8.06. The standard InChI is InChI=1S/C21H28N4O5Si/c1-13(26)22-16-10-11-17(31(3,4)5)21(23-18(27)12-19-24-30-25-29-19)20(16)14-6-8-15(28-2)9-7-14/h6-11,19,24-25H,12H2,1-5H3,(H,22,26)(H,23,27). The second-order valence-corrected chi connectivity index (χ2v) is 13.3. The summed E-state index contributed by atoms with van der Waals surface area (Å²) in [5.41, 5.74) is 7.68. The smallest absolute Gasteiger partial charge is 0.228 e. The fraction of sp³-hybridized carbons (Fsp3) is 0.333. The maximum absolute atomic E-state index is 12.9. The summed E-state index contributed by atoms with van der Waals surface area (Å²) in [5.74, 6) is 0.271. The van der Waals surface area contributed by atoms with Gasteiger partial charge in [-0.15, -0.1) is 5.48 Å². The SMILES string of the molecule is COc1ccc(-c2c(NC(C)=O)ccc([Si](C)(C)C)c2NC(=O)CC2NONO2)cc1. The molecule has 31 heavy (non-hydrogen) atoms. The molecular formula is C21H28N4O5Si. The van der Waals surface area contributed by atoms with E-state index in [0.717, 1.165) is 16.3 Å². The fourth-order valence-corrected chi connectivity index (χ4v) is 4.87. The zero-order chi connectivity index (χ0) is 22.6. The second-order valence-electron chi connectivity index (χ2n) is 8.23. The van der Waals surface area contributed by atoms with Crippen molar-refractivity contribution in [2.24, 2.45) is 0 Å². The number of amides is 2. The molecule has 0 radical (unpaired) electrons. The Morgan fingerprint density at radius 1 is 1.10 bits per heavy atom. The van der Waals surface area contributed by atoms with Crippen LogP contribution in [0.4, 0.5) is 11.4 Å². The van der Waals surface area contributed by atoms with Crippen LogP contribution in [0.3, 0.4) is 0 Å². The van der Waals surface area contributed by atoms with Crippen LogP contribution in [-0.4, -0.2) is 33.2 Å². The Labute approximate surface area is 182 Å². The first kappa shape index (κ1) is 22.9. The molecule has 166 valence electrons. The number of benzene rings is 2. The lowest BCUT2D eigenvalue weighted by Crippen LogP contribution is -2.41. The lowest BCUT2D eigenvalue weighted by Gasteiger charge is -2.26. The Kier molecular flexibility index (Phi) is 7.08. The molecular weight excluding hydrogens is 416 g/mol. The molecule has 0 aliphatic carbocycles. The van der Waals surface area contributed by atoms with Gasteiger partial charge >= 0.3 is 0 Å². The molecule has 1 aliphatic rings. The van der Waals surface area contributed by atoms with Crippen LogP contribution in [0.25, 0.3) is 11.1 Å². The van der Waals surface area contributed by atoms with E-state index in [-0.39, 0.29) is 18.2 Å². The van der Waals surface area contributed by atoms with Gasteiger partial charge in [-0.25, -0.2) is 0 Å². The van der Waals surface area contributed by atoms with Gasteiger partial charge in [-0.3, -0.25) is 14.4 Å². The highest BCUT2D eigenvalue weighted by Gasteiger charge is 2.27. The minimum absolute atomic E-state index is 0.0323. The van der Waals surface area contributed by atoms with Gasteiger partial charge in [0.2, 0.25) is 11.8 Å². The average Bonchev–Trinajstić information content (AvgIpc) is 3.20. The van der Waals surface area contributed by atoms with Gasteiger partial charge < -0.3 is 15.4 Å². The zero-order valence-electron chi connectivity index (χ0n) is 18.3. The topological polar surface area (TPSA) is 110 Å². The van der Waals surface area contributed by atoms with E-state index in [1.165, 1.54) is 6.92 Å². The molecule has 9 nitrogen and oxygen atoms in total. The molecule has 2 aromatic carbocycles. The third kappa shape index (κ3) is 5.69. The van der Waals surface area contributed by atoms with E-state index in [2.05, 4.69) is 41.4 Å². The van der Waals surface area contributed by atoms with E-state index in [0.29, 0.717) is 17.1 Å². The molecule has 0 saturated carbocycles. The van der Waals surface area contributed by atoms with E-state index < -0.39 is 14.3 Å². The van der Waals surface area contributed by atoms with Crippen molar-refractivity contribution in [1.29, 1.82) is 0 Å². The molecule has 1 unspecified atom stereocenters. The molecule has 1 aliphatic heterocycles. The molecule has 0 spiro atoms. The number of ether oxygens (including phenoxy) is 1. The number of nitrogens with one attached hydrogen (secondary N) is 4. The van der Waals surface area contributed by atoms with Gasteiger partial charge in [0.15, 0.2) is 6.23 Å². The highest BCUT2D eigenvalue weighted by Crippen LogP contribution is 2.36. The minimum Gasteiger partial charge on any atom is -0.497 e. The third-order valence-electron chi connectivity index (χ3n) is 4.76. The van der Waals surface area contributed by atoms with Crippen molar-refractivity contribution in [2.45, 2.75) is 39.2 Å². The number of anilines is 2. The number of rotatable bonds is 7. The molecule has 10 heteroatoms. The first-order chi connectivity index (χ1) is 14.7. The molecule has 1 fully saturated rings. The highest BCUT2D eigenvalue weighted by molar-refractivity contribution is 6.90. The summed E-state index contributed by atoms with van der Waals surface area (Å²) in [7, 11) is -0.266. The van der Waals surface area contributed by atoms with Crippen LogP contribution in [0, 0.1) is 0 Å². The van der Waals surface area contributed by atoms with Crippen LogP contribution < -0.4 is 31.7 Å². The molecule has 0 aromatic heterocycles. The molecule has 1 saturated heterocycles. The van der Waals surface area contributed by atoms with Gasteiger partial charge in [-0.2, -0.15) is 4.94 Å². The van der Waals surface area contributed by atoms with Crippen LogP contribution in [0.5, 0.6) is 5.75 Å². The lowest BCUT2D eigenvalue weighted by molar-refractivity contribution is -0.121. The number of carbonyl (C=O) groups is 2. The van der Waals surface area contributed by atoms with Crippen molar-refractivity contribution < 1.29 is 24.1 Å². The van der Waals surface area contributed by atoms with E-state index in [9.17, 15) is 9.59 Å². The van der Waals surface area contributed by atoms with Gasteiger partial charge in [0.05, 0.1) is 27.3 Å². The number of hydroxylamine groups is 1. The van der Waals surface area contributed by atoms with Crippen molar-refractivity contribution in [3.8, 4) is 16.9 Å². The Bertz CT molecular complexity index is 953.